The third-order valence-electron chi connectivity index (χ3n) is 5.42. The second-order valence-corrected chi connectivity index (χ2v) is 8.35. The lowest BCUT2D eigenvalue weighted by atomic mass is 9.89. The number of carbonyl (C=O) groups is 2. The summed E-state index contributed by atoms with van der Waals surface area (Å²) in [6.07, 6.45) is 3.25. The van der Waals surface area contributed by atoms with Crippen LogP contribution in [0.1, 0.15) is 54.4 Å². The smallest absolute Gasteiger partial charge is 0.251 e. The molecule has 2 amide bonds. The summed E-state index contributed by atoms with van der Waals surface area (Å²) in [5.74, 6) is 0.161. The molecule has 29 heavy (non-hydrogen) atoms. The van der Waals surface area contributed by atoms with E-state index in [9.17, 15) is 9.59 Å². The van der Waals surface area contributed by atoms with Gasteiger partial charge in [-0.1, -0.05) is 54.7 Å². The Morgan fingerprint density at radius 2 is 1.76 bits per heavy atom. The van der Waals surface area contributed by atoms with Crippen LogP contribution in [0.25, 0.3) is 0 Å². The predicted octanol–water partition coefficient (Wildman–Crippen LogP) is 5.30. The zero-order valence-corrected chi connectivity index (χ0v) is 18.0. The molecule has 1 heterocycles. The van der Waals surface area contributed by atoms with Gasteiger partial charge in [0.05, 0.1) is 0 Å². The average Bonchev–Trinajstić information content (AvgIpc) is 2.73. The van der Waals surface area contributed by atoms with Crippen molar-refractivity contribution in [2.75, 3.05) is 13.1 Å². The molecule has 0 aliphatic carbocycles. The van der Waals surface area contributed by atoms with Crippen molar-refractivity contribution in [3.05, 3.63) is 69.7 Å². The molecule has 0 aromatic heterocycles. The molecule has 1 aliphatic rings. The van der Waals surface area contributed by atoms with Gasteiger partial charge in [0.2, 0.25) is 5.91 Å². The highest BCUT2D eigenvalue weighted by Crippen LogP contribution is 2.29. The van der Waals surface area contributed by atoms with E-state index in [4.69, 9.17) is 23.2 Å². The molecule has 0 bridgehead atoms. The van der Waals surface area contributed by atoms with E-state index in [-0.39, 0.29) is 11.8 Å². The van der Waals surface area contributed by atoms with Gasteiger partial charge < -0.3 is 10.2 Å². The minimum atomic E-state index is -0.515. The quantitative estimate of drug-likeness (QED) is 0.672. The zero-order chi connectivity index (χ0) is 20.8. The summed E-state index contributed by atoms with van der Waals surface area (Å²) in [7, 11) is 0. The third kappa shape index (κ3) is 5.74. The summed E-state index contributed by atoms with van der Waals surface area (Å²) >= 11 is 12.0. The van der Waals surface area contributed by atoms with Crippen LogP contribution in [0.15, 0.2) is 48.5 Å². The van der Waals surface area contributed by atoms with E-state index in [0.29, 0.717) is 36.0 Å². The van der Waals surface area contributed by atoms with Crippen molar-refractivity contribution in [2.24, 2.45) is 0 Å². The Balaban J connectivity index is 1.60. The van der Waals surface area contributed by atoms with Gasteiger partial charge in [0.1, 0.15) is 6.04 Å². The molecular formula is C23H26Cl2N2O2. The summed E-state index contributed by atoms with van der Waals surface area (Å²) in [5, 5.41) is 4.14. The van der Waals surface area contributed by atoms with E-state index in [0.717, 1.165) is 24.3 Å². The molecule has 3 rings (SSSR count). The molecule has 1 atom stereocenters. The van der Waals surface area contributed by atoms with Crippen molar-refractivity contribution >= 4 is 35.0 Å². The van der Waals surface area contributed by atoms with Crippen LogP contribution in [0.5, 0.6) is 0 Å². The zero-order valence-electron chi connectivity index (χ0n) is 16.5. The monoisotopic (exact) mass is 432 g/mol. The van der Waals surface area contributed by atoms with Crippen LogP contribution in [0.4, 0.5) is 0 Å². The lowest BCUT2D eigenvalue weighted by Crippen LogP contribution is -2.50. The lowest BCUT2D eigenvalue weighted by Gasteiger charge is -2.34. The SMILES string of the molecule is CCCC(NC(=O)c1cccc(Cl)c1)C(=O)N1CCC(c2ccc(Cl)cc2)CC1. The van der Waals surface area contributed by atoms with Crippen LogP contribution in [0, 0.1) is 0 Å². The Morgan fingerprint density at radius 1 is 1.07 bits per heavy atom. The molecule has 4 nitrogen and oxygen atoms in total. The van der Waals surface area contributed by atoms with E-state index in [1.807, 2.05) is 24.0 Å². The summed E-state index contributed by atoms with van der Waals surface area (Å²) in [4.78, 5) is 27.5. The minimum Gasteiger partial charge on any atom is -0.341 e. The van der Waals surface area contributed by atoms with E-state index < -0.39 is 6.04 Å². The summed E-state index contributed by atoms with van der Waals surface area (Å²) in [6.45, 7) is 3.40. The number of likely N-dealkylation sites (tertiary alicyclic amines) is 1. The van der Waals surface area contributed by atoms with Crippen molar-refractivity contribution < 1.29 is 9.59 Å². The molecule has 0 spiro atoms. The van der Waals surface area contributed by atoms with Crippen LogP contribution in [0.3, 0.4) is 0 Å². The Kier molecular flexibility index (Phi) is 7.57. The standard InChI is InChI=1S/C23H26Cl2N2O2/c1-2-4-21(26-22(28)18-5-3-6-20(25)15-18)23(29)27-13-11-17(12-14-27)16-7-9-19(24)10-8-16/h3,5-10,15,17,21H,2,4,11-14H2,1H3,(H,26,28). The van der Waals surface area contributed by atoms with Crippen molar-refractivity contribution in [1.82, 2.24) is 10.2 Å². The number of nitrogens with one attached hydrogen (secondary N) is 1. The largest absolute Gasteiger partial charge is 0.341 e. The van der Waals surface area contributed by atoms with E-state index >= 15 is 0 Å². The third-order valence-corrected chi connectivity index (χ3v) is 5.90. The maximum Gasteiger partial charge on any atom is 0.251 e. The minimum absolute atomic E-state index is 0.00298. The molecule has 2 aromatic carbocycles. The molecule has 0 saturated carbocycles. The first-order chi connectivity index (χ1) is 14.0. The molecule has 1 fully saturated rings. The van der Waals surface area contributed by atoms with Gasteiger partial charge in [-0.2, -0.15) is 0 Å². The van der Waals surface area contributed by atoms with Crippen LogP contribution >= 0.6 is 23.2 Å². The Labute approximate surface area is 182 Å². The fraction of sp³-hybridized carbons (Fsp3) is 0.391. The maximum absolute atomic E-state index is 13.1. The van der Waals surface area contributed by atoms with Gasteiger partial charge in [-0.05, 0) is 61.1 Å². The number of piperidine rings is 1. The summed E-state index contributed by atoms with van der Waals surface area (Å²) in [6, 6.07) is 14.2. The Bertz CT molecular complexity index is 846. The van der Waals surface area contributed by atoms with Crippen molar-refractivity contribution in [3.63, 3.8) is 0 Å². The molecule has 1 unspecified atom stereocenters. The number of benzene rings is 2. The number of nitrogens with zero attached hydrogens (tertiary/aromatic N) is 1. The molecule has 1 aliphatic heterocycles. The highest BCUT2D eigenvalue weighted by Gasteiger charge is 2.29. The van der Waals surface area contributed by atoms with Crippen molar-refractivity contribution in [1.29, 1.82) is 0 Å². The fourth-order valence-corrected chi connectivity index (χ4v) is 4.12. The van der Waals surface area contributed by atoms with Gasteiger partial charge in [-0.15, -0.1) is 0 Å². The molecule has 1 N–H and O–H groups in total. The topological polar surface area (TPSA) is 49.4 Å². The number of hydrogen-bond donors (Lipinski definition) is 1. The van der Waals surface area contributed by atoms with Crippen LogP contribution in [0.2, 0.25) is 10.0 Å². The highest BCUT2D eigenvalue weighted by molar-refractivity contribution is 6.31. The number of carbonyl (C=O) groups excluding carboxylic acids is 2. The number of amides is 2. The maximum atomic E-state index is 13.1. The summed E-state index contributed by atoms with van der Waals surface area (Å²) in [5.41, 5.74) is 1.73. The fourth-order valence-electron chi connectivity index (χ4n) is 3.81. The van der Waals surface area contributed by atoms with E-state index in [1.54, 1.807) is 24.3 Å². The second kappa shape index (κ2) is 10.1. The highest BCUT2D eigenvalue weighted by atomic mass is 35.5. The van der Waals surface area contributed by atoms with Crippen LogP contribution in [-0.2, 0) is 4.79 Å². The first-order valence-electron chi connectivity index (χ1n) is 10.1. The van der Waals surface area contributed by atoms with Crippen molar-refractivity contribution in [2.45, 2.75) is 44.6 Å². The first kappa shape index (κ1) is 21.7. The van der Waals surface area contributed by atoms with Gasteiger partial charge in [-0.25, -0.2) is 0 Å². The summed E-state index contributed by atoms with van der Waals surface area (Å²) < 4.78 is 0. The lowest BCUT2D eigenvalue weighted by molar-refractivity contribution is -0.134. The molecule has 154 valence electrons. The van der Waals surface area contributed by atoms with Gasteiger partial charge in [0.25, 0.3) is 5.91 Å². The van der Waals surface area contributed by atoms with Gasteiger partial charge in [0.15, 0.2) is 0 Å². The Hall–Kier alpha value is -2.04. The molecule has 2 aromatic rings. The number of rotatable bonds is 6. The van der Waals surface area contributed by atoms with Gasteiger partial charge >= 0.3 is 0 Å². The van der Waals surface area contributed by atoms with Crippen LogP contribution in [-0.4, -0.2) is 35.8 Å². The first-order valence-corrected chi connectivity index (χ1v) is 10.8. The molecule has 6 heteroatoms. The predicted molar refractivity (Wildman–Crippen MR) is 118 cm³/mol. The van der Waals surface area contributed by atoms with E-state index in [2.05, 4.69) is 17.4 Å². The normalized spacial score (nSPS) is 15.8. The van der Waals surface area contributed by atoms with Crippen molar-refractivity contribution in [3.8, 4) is 0 Å². The average molecular weight is 433 g/mol. The van der Waals surface area contributed by atoms with Gasteiger partial charge in [0, 0.05) is 28.7 Å². The van der Waals surface area contributed by atoms with Gasteiger partial charge in [-0.3, -0.25) is 9.59 Å². The molecule has 0 radical (unpaired) electrons. The molecular weight excluding hydrogens is 407 g/mol. The van der Waals surface area contributed by atoms with E-state index in [1.165, 1.54) is 5.56 Å². The Morgan fingerprint density at radius 3 is 2.38 bits per heavy atom. The number of halogens is 2. The number of hydrogen-bond acceptors (Lipinski definition) is 2. The second-order valence-electron chi connectivity index (χ2n) is 7.48. The molecule has 1 saturated heterocycles. The van der Waals surface area contributed by atoms with Crippen LogP contribution < -0.4 is 5.32 Å².